The Kier molecular flexibility index (Phi) is 4.17. The molecule has 1 unspecified atom stereocenters. The minimum absolute atomic E-state index is 0.0292. The van der Waals surface area contributed by atoms with Gasteiger partial charge in [0.05, 0.1) is 19.3 Å². The number of fused-ring (bicyclic) bond motifs is 1. The molecule has 1 saturated heterocycles. The number of thioether (sulfide) groups is 1. The number of benzene rings is 1. The summed E-state index contributed by atoms with van der Waals surface area (Å²) < 4.78 is 11.3. The van der Waals surface area contributed by atoms with Crippen molar-refractivity contribution in [2.45, 2.75) is 12.5 Å². The van der Waals surface area contributed by atoms with Gasteiger partial charge in [-0.2, -0.15) is 11.8 Å². The van der Waals surface area contributed by atoms with Crippen molar-refractivity contribution in [3.63, 3.8) is 0 Å². The highest BCUT2D eigenvalue weighted by molar-refractivity contribution is 7.99. The van der Waals surface area contributed by atoms with E-state index < -0.39 is 0 Å². The maximum atomic E-state index is 12.6. The van der Waals surface area contributed by atoms with Gasteiger partial charge in [-0.05, 0) is 25.2 Å². The van der Waals surface area contributed by atoms with E-state index in [4.69, 9.17) is 9.47 Å². The fourth-order valence-electron chi connectivity index (χ4n) is 2.47. The van der Waals surface area contributed by atoms with Crippen molar-refractivity contribution in [3.8, 4) is 11.5 Å². The number of nitrogens with zero attached hydrogens (tertiary/aromatic N) is 1. The number of hydrogen-bond acceptors (Lipinski definition) is 5. The lowest BCUT2D eigenvalue weighted by Gasteiger charge is -2.30. The number of rotatable bonds is 2. The van der Waals surface area contributed by atoms with Crippen LogP contribution in [0.5, 0.6) is 11.5 Å². The van der Waals surface area contributed by atoms with E-state index in [0.29, 0.717) is 24.5 Å². The van der Waals surface area contributed by atoms with Gasteiger partial charge in [0.2, 0.25) is 0 Å². The molecule has 0 amide bonds. The summed E-state index contributed by atoms with van der Waals surface area (Å²) in [6.07, 6.45) is 0.875. The monoisotopic (exact) mass is 293 g/mol. The van der Waals surface area contributed by atoms with Gasteiger partial charge in [0.1, 0.15) is 0 Å². The van der Waals surface area contributed by atoms with Crippen LogP contribution >= 0.6 is 11.8 Å². The molecule has 0 spiro atoms. The molecule has 0 saturated carbocycles. The summed E-state index contributed by atoms with van der Waals surface area (Å²) in [6.45, 7) is 2.28. The van der Waals surface area contributed by atoms with E-state index in [9.17, 15) is 4.79 Å². The van der Waals surface area contributed by atoms with Crippen molar-refractivity contribution < 1.29 is 14.3 Å². The predicted octanol–water partition coefficient (Wildman–Crippen LogP) is 2.08. The van der Waals surface area contributed by atoms with Gasteiger partial charge in [-0.25, -0.2) is 0 Å². The minimum atomic E-state index is -0.0292. The van der Waals surface area contributed by atoms with Gasteiger partial charge in [0.15, 0.2) is 17.3 Å². The first-order valence-electron chi connectivity index (χ1n) is 6.97. The van der Waals surface area contributed by atoms with Crippen LogP contribution in [0.3, 0.4) is 0 Å². The van der Waals surface area contributed by atoms with Gasteiger partial charge in [-0.1, -0.05) is 0 Å². The van der Waals surface area contributed by atoms with Gasteiger partial charge in [-0.3, -0.25) is 9.69 Å². The Morgan fingerprint density at radius 2 is 2.10 bits per heavy atom. The molecule has 3 rings (SSSR count). The molecule has 108 valence electrons. The molecule has 5 heteroatoms. The lowest BCUT2D eigenvalue weighted by molar-refractivity contribution is 0.0874. The van der Waals surface area contributed by atoms with E-state index in [1.807, 2.05) is 37.0 Å². The molecule has 20 heavy (non-hydrogen) atoms. The van der Waals surface area contributed by atoms with Crippen LogP contribution in [0.2, 0.25) is 0 Å². The highest BCUT2D eigenvalue weighted by Crippen LogP contribution is 2.31. The van der Waals surface area contributed by atoms with E-state index in [0.717, 1.165) is 30.2 Å². The van der Waals surface area contributed by atoms with Gasteiger partial charge >= 0.3 is 0 Å². The summed E-state index contributed by atoms with van der Waals surface area (Å²) in [5, 5.41) is 0. The molecule has 1 fully saturated rings. The average molecular weight is 293 g/mol. The molecule has 1 aromatic carbocycles. The number of ether oxygens (including phenoxy) is 2. The first-order chi connectivity index (χ1) is 9.75. The zero-order valence-electron chi connectivity index (χ0n) is 11.6. The second-order valence-corrected chi connectivity index (χ2v) is 6.30. The molecule has 0 N–H and O–H groups in total. The van der Waals surface area contributed by atoms with Crippen LogP contribution in [0.25, 0.3) is 0 Å². The highest BCUT2D eigenvalue weighted by Gasteiger charge is 2.28. The first kappa shape index (κ1) is 13.8. The van der Waals surface area contributed by atoms with Crippen molar-refractivity contribution in [2.75, 3.05) is 38.3 Å². The number of likely N-dealkylation sites (N-methyl/N-ethyl adjacent to an activating group) is 1. The molecule has 0 bridgehead atoms. The van der Waals surface area contributed by atoms with Crippen LogP contribution in [0.4, 0.5) is 0 Å². The molecule has 1 aromatic rings. The highest BCUT2D eigenvalue weighted by atomic mass is 32.2. The third-order valence-corrected chi connectivity index (χ3v) is 4.75. The van der Waals surface area contributed by atoms with E-state index in [-0.39, 0.29) is 11.8 Å². The van der Waals surface area contributed by atoms with E-state index in [1.165, 1.54) is 0 Å². The number of hydrogen-bond donors (Lipinski definition) is 0. The predicted molar refractivity (Wildman–Crippen MR) is 80.1 cm³/mol. The lowest BCUT2D eigenvalue weighted by Crippen LogP contribution is -2.44. The molecule has 2 aliphatic rings. The Hall–Kier alpha value is -1.20. The van der Waals surface area contributed by atoms with Gasteiger partial charge in [0, 0.05) is 30.0 Å². The molecule has 0 aromatic heterocycles. The molecule has 4 nitrogen and oxygen atoms in total. The van der Waals surface area contributed by atoms with Crippen LogP contribution < -0.4 is 9.47 Å². The van der Waals surface area contributed by atoms with Crippen LogP contribution in [0, 0.1) is 0 Å². The molecule has 2 aliphatic heterocycles. The molecule has 2 heterocycles. The van der Waals surface area contributed by atoms with Crippen LogP contribution in [-0.2, 0) is 0 Å². The maximum Gasteiger partial charge on any atom is 0.180 e. The smallest absolute Gasteiger partial charge is 0.180 e. The van der Waals surface area contributed by atoms with Gasteiger partial charge in [0.25, 0.3) is 0 Å². The average Bonchev–Trinajstić information content (AvgIpc) is 2.71. The third kappa shape index (κ3) is 2.79. The molecule has 0 aliphatic carbocycles. The van der Waals surface area contributed by atoms with Crippen LogP contribution in [0.15, 0.2) is 18.2 Å². The zero-order chi connectivity index (χ0) is 13.9. The van der Waals surface area contributed by atoms with E-state index in [2.05, 4.69) is 4.90 Å². The second-order valence-electron chi connectivity index (χ2n) is 5.15. The number of carbonyl (C=O) groups excluding carboxylic acids is 1. The van der Waals surface area contributed by atoms with Gasteiger partial charge < -0.3 is 9.47 Å². The minimum Gasteiger partial charge on any atom is -0.490 e. The molecular formula is C15H19NO3S. The lowest BCUT2D eigenvalue weighted by atomic mass is 10.0. The zero-order valence-corrected chi connectivity index (χ0v) is 12.4. The Balaban J connectivity index is 1.82. The molecule has 1 atom stereocenters. The van der Waals surface area contributed by atoms with Crippen molar-refractivity contribution in [1.29, 1.82) is 0 Å². The fraction of sp³-hybridized carbons (Fsp3) is 0.533. The summed E-state index contributed by atoms with van der Waals surface area (Å²) in [6, 6.07) is 5.50. The van der Waals surface area contributed by atoms with Crippen molar-refractivity contribution in [2.24, 2.45) is 0 Å². The summed E-state index contributed by atoms with van der Waals surface area (Å²) in [5.41, 5.74) is 0.716. The topological polar surface area (TPSA) is 38.8 Å². The van der Waals surface area contributed by atoms with E-state index >= 15 is 0 Å². The Labute approximate surface area is 123 Å². The number of ketones is 1. The molecule has 0 radical (unpaired) electrons. The van der Waals surface area contributed by atoms with Crippen molar-refractivity contribution in [3.05, 3.63) is 23.8 Å². The van der Waals surface area contributed by atoms with Gasteiger partial charge in [-0.15, -0.1) is 0 Å². The summed E-state index contributed by atoms with van der Waals surface area (Å²) >= 11 is 1.84. The standard InChI is InChI=1S/C15H19NO3S/c1-16-5-8-20-10-12(16)15(17)11-3-4-13-14(9-11)19-7-2-6-18-13/h3-4,9,12H,2,5-8,10H2,1H3. The normalized spacial score (nSPS) is 23.1. The number of carbonyl (C=O) groups is 1. The van der Waals surface area contributed by atoms with Crippen LogP contribution in [0.1, 0.15) is 16.8 Å². The number of Topliss-reactive ketones (excluding diaryl/α,β-unsaturated/α-hetero) is 1. The quantitative estimate of drug-likeness (QED) is 0.781. The molecular weight excluding hydrogens is 274 g/mol. The SMILES string of the molecule is CN1CCSCC1C(=O)c1ccc2c(c1)OCCCO2. The second kappa shape index (κ2) is 6.06. The van der Waals surface area contributed by atoms with E-state index in [1.54, 1.807) is 0 Å². The summed E-state index contributed by atoms with van der Waals surface area (Å²) in [5.74, 6) is 3.57. The Bertz CT molecular complexity index is 506. The summed E-state index contributed by atoms with van der Waals surface area (Å²) in [4.78, 5) is 14.8. The fourth-order valence-corrected chi connectivity index (χ4v) is 3.68. The Morgan fingerprint density at radius 3 is 2.90 bits per heavy atom. The maximum absolute atomic E-state index is 12.6. The van der Waals surface area contributed by atoms with Crippen molar-refractivity contribution in [1.82, 2.24) is 4.90 Å². The van der Waals surface area contributed by atoms with Crippen LogP contribution in [-0.4, -0.2) is 55.0 Å². The Morgan fingerprint density at radius 1 is 1.30 bits per heavy atom. The first-order valence-corrected chi connectivity index (χ1v) is 8.13. The largest absolute Gasteiger partial charge is 0.490 e. The third-order valence-electron chi connectivity index (χ3n) is 3.73. The summed E-state index contributed by atoms with van der Waals surface area (Å²) in [7, 11) is 2.02. The van der Waals surface area contributed by atoms with Crippen molar-refractivity contribution >= 4 is 17.5 Å².